The predicted octanol–water partition coefficient (Wildman–Crippen LogP) is 8.77. The summed E-state index contributed by atoms with van der Waals surface area (Å²) in [4.78, 5) is 0. The van der Waals surface area contributed by atoms with Crippen molar-refractivity contribution in [3.8, 4) is 47.4 Å². The molecule has 0 amide bonds. The summed E-state index contributed by atoms with van der Waals surface area (Å²) in [5, 5.41) is 0. The fraction of sp³-hybridized carbons (Fsp3) is 0.765. The van der Waals surface area contributed by atoms with E-state index in [2.05, 4.69) is 75.1 Å². The van der Waals surface area contributed by atoms with Gasteiger partial charge in [-0.15, -0.1) is 0 Å². The molecule has 0 radical (unpaired) electrons. The van der Waals surface area contributed by atoms with Crippen molar-refractivity contribution in [1.29, 1.82) is 0 Å². The molecular weight excluding hydrogens is 436 g/mol. The predicted molar refractivity (Wildman–Crippen MR) is 164 cm³/mol. The van der Waals surface area contributed by atoms with Gasteiger partial charge in [-0.05, 0) is 49.4 Å². The third-order valence-electron chi connectivity index (χ3n) is 5.27. The smallest absolute Gasteiger partial charge is 0.00989 e. The van der Waals surface area contributed by atoms with Crippen LogP contribution in [0.15, 0.2) is 0 Å². The van der Waals surface area contributed by atoms with Gasteiger partial charge in [0.15, 0.2) is 0 Å². The van der Waals surface area contributed by atoms with Gasteiger partial charge in [-0.2, -0.15) is 0 Å². The Kier molecular flexibility index (Phi) is 46.5. The van der Waals surface area contributed by atoms with Gasteiger partial charge in [-0.1, -0.05) is 128 Å². The molecule has 0 aliphatic carbocycles. The Morgan fingerprint density at radius 3 is 0.861 bits per heavy atom. The molecule has 0 heterocycles. The molecule has 0 aromatic heterocycles. The molecule has 0 aliphatic rings. The minimum atomic E-state index is 0.597. The topological polar surface area (TPSA) is 52.0 Å². The Balaban J connectivity index is -0.000000526. The zero-order chi connectivity index (χ0) is 27.2. The summed E-state index contributed by atoms with van der Waals surface area (Å²) < 4.78 is 0. The van der Waals surface area contributed by atoms with E-state index >= 15 is 0 Å². The molecule has 0 saturated carbocycles. The molecule has 0 atom stereocenters. The van der Waals surface area contributed by atoms with E-state index in [0.29, 0.717) is 13.1 Å². The molecule has 2 heteroatoms. The lowest BCUT2D eigenvalue weighted by Crippen LogP contribution is -2.11. The number of hydrogen-bond donors (Lipinski definition) is 2. The lowest BCUT2D eigenvalue weighted by atomic mass is 10.1. The van der Waals surface area contributed by atoms with Crippen LogP contribution >= 0.6 is 0 Å². The maximum Gasteiger partial charge on any atom is 0.00989 e. The van der Waals surface area contributed by atoms with Gasteiger partial charge in [0, 0.05) is 38.8 Å². The van der Waals surface area contributed by atoms with Crippen molar-refractivity contribution >= 4 is 0 Å². The van der Waals surface area contributed by atoms with Crippen LogP contribution in [0.3, 0.4) is 0 Å². The first-order valence-corrected chi connectivity index (χ1v) is 15.1. The fourth-order valence-electron chi connectivity index (χ4n) is 2.94. The minimum absolute atomic E-state index is 0.597. The average Bonchev–Trinajstić information content (AvgIpc) is 2.90. The summed E-state index contributed by atoms with van der Waals surface area (Å²) in [5.74, 6) is 24.1. The highest BCUT2D eigenvalue weighted by atomic mass is 14.6. The molecule has 0 spiro atoms. The molecule has 2 nitrogen and oxygen atoms in total. The van der Waals surface area contributed by atoms with E-state index in [0.717, 1.165) is 25.7 Å². The van der Waals surface area contributed by atoms with Crippen LogP contribution in [0.4, 0.5) is 0 Å². The van der Waals surface area contributed by atoms with Gasteiger partial charge >= 0.3 is 0 Å². The Morgan fingerprint density at radius 1 is 0.333 bits per heavy atom. The first-order valence-electron chi connectivity index (χ1n) is 15.1. The molecular formula is C34H60N2. The molecule has 0 aromatic rings. The summed E-state index contributed by atoms with van der Waals surface area (Å²) in [6, 6.07) is 0. The molecule has 4 N–H and O–H groups in total. The molecule has 206 valence electrons. The third kappa shape index (κ3) is 49.3. The molecule has 36 heavy (non-hydrogen) atoms. The summed E-state index contributed by atoms with van der Waals surface area (Å²) in [7, 11) is 0. The summed E-state index contributed by atoms with van der Waals surface area (Å²) in [6.45, 7) is 10.1. The largest absolute Gasteiger partial charge is 0.329 e. The van der Waals surface area contributed by atoms with Gasteiger partial charge in [0.25, 0.3) is 0 Å². The minimum Gasteiger partial charge on any atom is -0.329 e. The standard InChI is InChI=1S/2C16H26.C2H8N2/c2*1-3-5-7-9-11-13-15-16-14-12-10-8-6-4-2;3-1-2-4/h2*3-9,11,13,15H2,1-2H3;1-4H2. The Labute approximate surface area is 227 Å². The lowest BCUT2D eigenvalue weighted by Gasteiger charge is -1.96. The Morgan fingerprint density at radius 2 is 0.583 bits per heavy atom. The van der Waals surface area contributed by atoms with Crippen LogP contribution in [0, 0.1) is 47.4 Å². The molecule has 0 fully saturated rings. The van der Waals surface area contributed by atoms with Gasteiger partial charge in [0.1, 0.15) is 0 Å². The molecule has 0 aliphatic heterocycles. The van der Waals surface area contributed by atoms with Crippen molar-refractivity contribution in [3.63, 3.8) is 0 Å². The monoisotopic (exact) mass is 496 g/mol. The van der Waals surface area contributed by atoms with Crippen molar-refractivity contribution in [2.45, 2.75) is 156 Å². The fourth-order valence-corrected chi connectivity index (χ4v) is 2.94. The number of nitrogens with two attached hydrogens (primary N) is 2. The number of unbranched alkanes of at least 4 members (excludes halogenated alkanes) is 16. The van der Waals surface area contributed by atoms with Crippen LogP contribution in [0.2, 0.25) is 0 Å². The summed E-state index contributed by atoms with van der Waals surface area (Å²) in [6.07, 6.45) is 25.0. The lowest BCUT2D eigenvalue weighted by molar-refractivity contribution is 0.614. The van der Waals surface area contributed by atoms with Crippen LogP contribution in [-0.2, 0) is 0 Å². The van der Waals surface area contributed by atoms with E-state index in [1.54, 1.807) is 0 Å². The highest BCUT2D eigenvalue weighted by Crippen LogP contribution is 2.06. The summed E-state index contributed by atoms with van der Waals surface area (Å²) >= 11 is 0. The zero-order valence-electron chi connectivity index (χ0n) is 24.7. The number of hydrogen-bond acceptors (Lipinski definition) is 2. The highest BCUT2D eigenvalue weighted by Gasteiger charge is 1.88. The first kappa shape index (κ1) is 38.7. The molecule has 0 aromatic carbocycles. The van der Waals surface area contributed by atoms with E-state index in [9.17, 15) is 0 Å². The van der Waals surface area contributed by atoms with E-state index < -0.39 is 0 Å². The Bertz CT molecular complexity index is 576. The maximum absolute atomic E-state index is 4.90. The van der Waals surface area contributed by atoms with Gasteiger partial charge in [0.2, 0.25) is 0 Å². The van der Waals surface area contributed by atoms with Crippen LogP contribution in [0.25, 0.3) is 0 Å². The molecule has 0 unspecified atom stereocenters. The van der Waals surface area contributed by atoms with Gasteiger partial charge in [0.05, 0.1) is 0 Å². The van der Waals surface area contributed by atoms with Crippen molar-refractivity contribution in [2.75, 3.05) is 13.1 Å². The average molecular weight is 497 g/mol. The van der Waals surface area contributed by atoms with Crippen molar-refractivity contribution in [1.82, 2.24) is 0 Å². The maximum atomic E-state index is 4.90. The van der Waals surface area contributed by atoms with E-state index in [1.165, 1.54) is 103 Å². The molecule has 0 rings (SSSR count). The molecule has 0 bridgehead atoms. The van der Waals surface area contributed by atoms with Crippen molar-refractivity contribution in [2.24, 2.45) is 11.5 Å². The zero-order valence-corrected chi connectivity index (χ0v) is 24.7. The van der Waals surface area contributed by atoms with Crippen molar-refractivity contribution in [3.05, 3.63) is 0 Å². The Hall–Kier alpha value is -1.84. The highest BCUT2D eigenvalue weighted by molar-refractivity contribution is 5.26. The van der Waals surface area contributed by atoms with E-state index in [-0.39, 0.29) is 0 Å². The van der Waals surface area contributed by atoms with E-state index in [4.69, 9.17) is 11.5 Å². The van der Waals surface area contributed by atoms with E-state index in [1.807, 2.05) is 0 Å². The third-order valence-corrected chi connectivity index (χ3v) is 5.27. The van der Waals surface area contributed by atoms with Gasteiger partial charge in [-0.25, -0.2) is 0 Å². The van der Waals surface area contributed by atoms with Gasteiger partial charge < -0.3 is 11.5 Å². The van der Waals surface area contributed by atoms with Crippen LogP contribution in [-0.4, -0.2) is 13.1 Å². The van der Waals surface area contributed by atoms with Crippen LogP contribution in [0.1, 0.15) is 156 Å². The first-order chi connectivity index (χ1) is 17.7. The second-order valence-corrected chi connectivity index (χ2v) is 9.03. The number of rotatable bonds is 17. The summed E-state index contributed by atoms with van der Waals surface area (Å²) in [5.41, 5.74) is 9.81. The second-order valence-electron chi connectivity index (χ2n) is 9.03. The van der Waals surface area contributed by atoms with Crippen LogP contribution < -0.4 is 11.5 Å². The normalized spacial score (nSPS) is 8.72. The quantitative estimate of drug-likeness (QED) is 0.156. The SMILES string of the molecule is CCCCC#CC#CCCCCCCCC.CCCCC#CC#CCCCCCCCC.NCCN. The van der Waals surface area contributed by atoms with Crippen molar-refractivity contribution < 1.29 is 0 Å². The molecule has 0 saturated heterocycles. The second kappa shape index (κ2) is 43.2. The van der Waals surface area contributed by atoms with Crippen LogP contribution in [0.5, 0.6) is 0 Å². The van der Waals surface area contributed by atoms with Gasteiger partial charge in [-0.3, -0.25) is 0 Å².